The van der Waals surface area contributed by atoms with Gasteiger partial charge in [0.15, 0.2) is 5.82 Å². The van der Waals surface area contributed by atoms with Gasteiger partial charge in [-0.25, -0.2) is 5.10 Å². The Hall–Kier alpha value is -0.550. The van der Waals surface area contributed by atoms with Gasteiger partial charge in [-0.3, -0.25) is 0 Å². The third-order valence-electron chi connectivity index (χ3n) is 1.01. The molecule has 0 aliphatic carbocycles. The Morgan fingerprint density at radius 1 is 1.80 bits per heavy atom. The van der Waals surface area contributed by atoms with Crippen LogP contribution in [0.1, 0.15) is 0 Å². The number of anilines is 1. The zero-order valence-electron chi connectivity index (χ0n) is 5.81. The molecule has 6 heteroatoms. The Morgan fingerprint density at radius 2 is 2.50 bits per heavy atom. The molecule has 10 heavy (non-hydrogen) atoms. The summed E-state index contributed by atoms with van der Waals surface area (Å²) in [5.41, 5.74) is 0. The molecule has 3 N–H and O–H groups in total. The van der Waals surface area contributed by atoms with E-state index in [1.54, 1.807) is 0 Å². The molecular weight excluding hydrogens is 172 g/mol. The normalized spacial score (nSPS) is 11.3. The van der Waals surface area contributed by atoms with Crippen molar-refractivity contribution in [2.45, 2.75) is 0 Å². The molecule has 1 unspecified atom stereocenters. The SMILES string of the molecule is CNc1c[s+](C)[nH]n(Cl)[nH]1. The summed E-state index contributed by atoms with van der Waals surface area (Å²) in [4.78, 5) is 0. The van der Waals surface area contributed by atoms with Gasteiger partial charge in [-0.05, 0) is 0 Å². The summed E-state index contributed by atoms with van der Waals surface area (Å²) in [5.74, 6) is 0.916. The van der Waals surface area contributed by atoms with Crippen molar-refractivity contribution in [1.82, 2.24) is 13.9 Å². The lowest BCUT2D eigenvalue weighted by atomic mass is 10.8. The molecule has 0 aliphatic heterocycles. The van der Waals surface area contributed by atoms with Crippen LogP contribution in [0.4, 0.5) is 5.82 Å². The quantitative estimate of drug-likeness (QED) is 0.567. The molecule has 1 aromatic heterocycles. The number of nitrogens with one attached hydrogen (secondary N) is 3. The van der Waals surface area contributed by atoms with Crippen LogP contribution in [0.15, 0.2) is 5.38 Å². The smallest absolute Gasteiger partial charge is 0.202 e. The highest BCUT2D eigenvalue weighted by molar-refractivity contribution is 7.22. The van der Waals surface area contributed by atoms with Gasteiger partial charge in [0.2, 0.25) is 5.38 Å². The lowest BCUT2D eigenvalue weighted by Crippen LogP contribution is -2.00. The first-order valence-corrected chi connectivity index (χ1v) is 4.79. The summed E-state index contributed by atoms with van der Waals surface area (Å²) >= 11 is 5.62. The van der Waals surface area contributed by atoms with Crippen LogP contribution in [-0.2, 0) is 6.26 Å². The van der Waals surface area contributed by atoms with Gasteiger partial charge in [-0.2, -0.15) is 0 Å². The molecule has 0 amide bonds. The van der Waals surface area contributed by atoms with E-state index in [4.69, 9.17) is 11.8 Å². The first-order valence-electron chi connectivity index (χ1n) is 2.75. The Bertz CT molecular complexity index is 220. The predicted octanol–water partition coefficient (Wildman–Crippen LogP) is 1.60. The zero-order chi connectivity index (χ0) is 7.56. The topological polar surface area (TPSA) is 48.5 Å². The second kappa shape index (κ2) is 3.03. The maximum absolute atomic E-state index is 5.62. The number of rotatable bonds is 1. The number of hydrogen-bond donors (Lipinski definition) is 3. The molecule has 58 valence electrons. The van der Waals surface area contributed by atoms with Gasteiger partial charge in [0, 0.05) is 7.05 Å². The molecule has 0 saturated carbocycles. The predicted molar refractivity (Wildman–Crippen MR) is 45.0 cm³/mol. The Balaban J connectivity index is 3.06. The molecule has 1 rings (SSSR count). The minimum atomic E-state index is 0.00670. The number of aromatic amines is 2. The third kappa shape index (κ3) is 1.71. The van der Waals surface area contributed by atoms with Crippen LogP contribution in [0, 0.1) is 0 Å². The van der Waals surface area contributed by atoms with E-state index in [0.717, 1.165) is 5.82 Å². The van der Waals surface area contributed by atoms with Crippen LogP contribution in [0.3, 0.4) is 0 Å². The average Bonchev–Trinajstić information content (AvgIpc) is 1.85. The van der Waals surface area contributed by atoms with E-state index in [0.29, 0.717) is 0 Å². The maximum atomic E-state index is 5.62. The Kier molecular flexibility index (Phi) is 2.29. The minimum absolute atomic E-state index is 0.00670. The van der Waals surface area contributed by atoms with Crippen LogP contribution in [-0.4, -0.2) is 21.0 Å². The van der Waals surface area contributed by atoms with Crippen LogP contribution < -0.4 is 5.32 Å². The van der Waals surface area contributed by atoms with Crippen LogP contribution in [0.25, 0.3) is 0 Å². The highest BCUT2D eigenvalue weighted by Gasteiger charge is 1.97. The molecule has 1 aromatic rings. The van der Waals surface area contributed by atoms with Gasteiger partial charge in [-0.1, -0.05) is 8.80 Å². The van der Waals surface area contributed by atoms with E-state index in [1.807, 2.05) is 18.7 Å². The van der Waals surface area contributed by atoms with Crippen molar-refractivity contribution in [3.05, 3.63) is 5.38 Å². The number of H-pyrrole nitrogens is 2. The van der Waals surface area contributed by atoms with Gasteiger partial charge < -0.3 is 5.32 Å². The highest BCUT2D eigenvalue weighted by Crippen LogP contribution is 2.10. The van der Waals surface area contributed by atoms with E-state index in [1.165, 1.54) is 4.32 Å². The monoisotopic (exact) mass is 181 g/mol. The summed E-state index contributed by atoms with van der Waals surface area (Å²) in [5, 5.41) is 7.82. The van der Waals surface area contributed by atoms with E-state index >= 15 is 0 Å². The first-order chi connectivity index (χ1) is 4.72. The fraction of sp³-hybridized carbons (Fsp3) is 0.500. The zero-order valence-corrected chi connectivity index (χ0v) is 7.38. The summed E-state index contributed by atoms with van der Waals surface area (Å²) in [6, 6.07) is 0. The van der Waals surface area contributed by atoms with Crippen molar-refractivity contribution in [3.63, 3.8) is 0 Å². The van der Waals surface area contributed by atoms with Crippen LogP contribution >= 0.6 is 22.4 Å². The van der Waals surface area contributed by atoms with Gasteiger partial charge in [-0.15, -0.1) is 0 Å². The van der Waals surface area contributed by atoms with E-state index in [2.05, 4.69) is 14.9 Å². The van der Waals surface area contributed by atoms with Crippen molar-refractivity contribution < 1.29 is 0 Å². The fourth-order valence-electron chi connectivity index (χ4n) is 0.599. The molecule has 1 atom stereocenters. The molecule has 0 aromatic carbocycles. The number of aryl methyl sites for hydroxylation is 1. The number of aromatic nitrogens is 3. The van der Waals surface area contributed by atoms with Crippen molar-refractivity contribution >= 4 is 28.3 Å². The molecule has 0 aliphatic rings. The molecular formula is C4H10ClN4S+. The summed E-state index contributed by atoms with van der Waals surface area (Å²) in [6.45, 7) is 0. The summed E-state index contributed by atoms with van der Waals surface area (Å²) < 4.78 is 4.26. The lowest BCUT2D eigenvalue weighted by Gasteiger charge is -1.98. The van der Waals surface area contributed by atoms with Crippen LogP contribution in [0.2, 0.25) is 0 Å². The Labute approximate surface area is 66.7 Å². The third-order valence-corrected chi connectivity index (χ3v) is 2.34. The maximum Gasteiger partial charge on any atom is 0.202 e. The molecule has 0 radical (unpaired) electrons. The fourth-order valence-corrected chi connectivity index (χ4v) is 1.89. The number of nitrogens with zero attached hydrogens (tertiary/aromatic N) is 1. The average molecular weight is 182 g/mol. The minimum Gasteiger partial charge on any atom is -0.369 e. The molecule has 4 nitrogen and oxygen atoms in total. The summed E-state index contributed by atoms with van der Waals surface area (Å²) in [6.07, 6.45) is 2.04. The van der Waals surface area contributed by atoms with E-state index < -0.39 is 0 Å². The standard InChI is InChI=1S/C4H10ClN4S/c1-6-4-3-10(2)8-9(5)7-4/h3,6-8H,1-2H3/q+1. The van der Waals surface area contributed by atoms with E-state index in [-0.39, 0.29) is 10.7 Å². The Morgan fingerprint density at radius 3 is 3.00 bits per heavy atom. The van der Waals surface area contributed by atoms with Gasteiger partial charge in [0.25, 0.3) is 0 Å². The second-order valence-corrected chi connectivity index (χ2v) is 3.69. The molecule has 1 heterocycles. The number of hydrogen-bond acceptors (Lipinski definition) is 1. The molecule has 0 bridgehead atoms. The largest absolute Gasteiger partial charge is 0.369 e. The van der Waals surface area contributed by atoms with Gasteiger partial charge >= 0.3 is 0 Å². The first kappa shape index (κ1) is 7.56. The van der Waals surface area contributed by atoms with Crippen molar-refractivity contribution in [2.24, 2.45) is 6.26 Å². The highest BCUT2D eigenvalue weighted by atomic mass is 35.5. The molecule has 0 fully saturated rings. The van der Waals surface area contributed by atoms with Crippen molar-refractivity contribution in [1.29, 1.82) is 0 Å². The van der Waals surface area contributed by atoms with Crippen molar-refractivity contribution in [3.8, 4) is 0 Å². The lowest BCUT2D eigenvalue weighted by molar-refractivity contribution is 0.834. The van der Waals surface area contributed by atoms with Crippen LogP contribution in [0.5, 0.6) is 0 Å². The summed E-state index contributed by atoms with van der Waals surface area (Å²) in [7, 11) is 1.85. The number of halogens is 1. The van der Waals surface area contributed by atoms with Crippen molar-refractivity contribution in [2.75, 3.05) is 12.4 Å². The van der Waals surface area contributed by atoms with E-state index in [9.17, 15) is 0 Å². The van der Waals surface area contributed by atoms with Gasteiger partial charge in [0.05, 0.1) is 22.4 Å². The molecule has 0 spiro atoms. The second-order valence-electron chi connectivity index (χ2n) is 1.82. The molecule has 0 saturated heterocycles. The van der Waals surface area contributed by atoms with Gasteiger partial charge in [0.1, 0.15) is 6.26 Å².